The first-order valence-corrected chi connectivity index (χ1v) is 6.96. The molecule has 2 amide bonds. The van der Waals surface area contributed by atoms with Crippen LogP contribution in [-0.2, 0) is 0 Å². The van der Waals surface area contributed by atoms with Gasteiger partial charge in [0.05, 0.1) is 10.5 Å². The molecule has 1 saturated carbocycles. The number of hydrogen-bond donors (Lipinski definition) is 3. The van der Waals surface area contributed by atoms with Gasteiger partial charge in [-0.1, -0.05) is 19.1 Å². The van der Waals surface area contributed by atoms with Gasteiger partial charge in [0.25, 0.3) is 0 Å². The minimum Gasteiger partial charge on any atom is -0.391 e. The monoisotopic (exact) mass is 271 g/mol. The zero-order valence-corrected chi connectivity index (χ0v) is 12.6. The number of nitrogens with one attached hydrogen (secondary N) is 2. The van der Waals surface area contributed by atoms with Crippen molar-refractivity contribution < 1.29 is 4.79 Å². The van der Waals surface area contributed by atoms with Crippen LogP contribution in [0, 0.1) is 5.92 Å². The van der Waals surface area contributed by atoms with Crippen LogP contribution in [-0.4, -0.2) is 22.1 Å². The molecule has 104 valence electrons. The number of rotatable bonds is 2. The minimum absolute atomic E-state index is 0.190. The van der Waals surface area contributed by atoms with Gasteiger partial charge < -0.3 is 16.4 Å². The molecule has 0 aromatic rings. The molecule has 1 rings (SSSR count). The molecular formula is C13H25N3OS. The molecule has 0 saturated heterocycles. The zero-order valence-electron chi connectivity index (χ0n) is 11.8. The molecule has 1 aliphatic carbocycles. The second kappa shape index (κ2) is 5.43. The fourth-order valence-electron chi connectivity index (χ4n) is 2.28. The fourth-order valence-corrected chi connectivity index (χ4v) is 2.53. The quantitative estimate of drug-likeness (QED) is 0.675. The van der Waals surface area contributed by atoms with Crippen molar-refractivity contribution in [3.63, 3.8) is 0 Å². The van der Waals surface area contributed by atoms with E-state index in [9.17, 15) is 4.79 Å². The Labute approximate surface area is 115 Å². The lowest BCUT2D eigenvalue weighted by molar-refractivity contribution is 0.209. The highest BCUT2D eigenvalue weighted by Gasteiger charge is 2.38. The highest BCUT2D eigenvalue weighted by molar-refractivity contribution is 7.80. The molecular weight excluding hydrogens is 246 g/mol. The van der Waals surface area contributed by atoms with Crippen LogP contribution in [0.1, 0.15) is 53.4 Å². The predicted octanol–water partition coefficient (Wildman–Crippen LogP) is 2.32. The van der Waals surface area contributed by atoms with Crippen molar-refractivity contribution >= 4 is 23.2 Å². The molecule has 5 heteroatoms. The molecule has 0 heterocycles. The van der Waals surface area contributed by atoms with Crippen molar-refractivity contribution in [1.82, 2.24) is 10.6 Å². The lowest BCUT2D eigenvalue weighted by Crippen LogP contribution is -2.62. The molecule has 0 radical (unpaired) electrons. The fraction of sp³-hybridized carbons (Fsp3) is 0.846. The van der Waals surface area contributed by atoms with E-state index in [1.165, 1.54) is 0 Å². The van der Waals surface area contributed by atoms with Crippen LogP contribution in [0.5, 0.6) is 0 Å². The van der Waals surface area contributed by atoms with E-state index in [1.807, 2.05) is 20.8 Å². The predicted molar refractivity (Wildman–Crippen MR) is 78.6 cm³/mol. The number of carbonyl (C=O) groups excluding carboxylic acids is 1. The Morgan fingerprint density at radius 1 is 1.33 bits per heavy atom. The maximum Gasteiger partial charge on any atom is 0.315 e. The maximum absolute atomic E-state index is 12.0. The van der Waals surface area contributed by atoms with Crippen molar-refractivity contribution in [3.05, 3.63) is 0 Å². The Balaban J connectivity index is 2.70. The van der Waals surface area contributed by atoms with E-state index >= 15 is 0 Å². The largest absolute Gasteiger partial charge is 0.391 e. The van der Waals surface area contributed by atoms with E-state index < -0.39 is 5.54 Å². The molecule has 1 fully saturated rings. The van der Waals surface area contributed by atoms with Gasteiger partial charge in [-0.2, -0.15) is 0 Å². The molecule has 18 heavy (non-hydrogen) atoms. The van der Waals surface area contributed by atoms with Crippen LogP contribution in [0.15, 0.2) is 0 Å². The van der Waals surface area contributed by atoms with Crippen molar-refractivity contribution in [3.8, 4) is 0 Å². The summed E-state index contributed by atoms with van der Waals surface area (Å²) in [6.07, 6.45) is 3.77. The Bertz CT molecular complexity index is 328. The number of hydrogen-bond acceptors (Lipinski definition) is 2. The van der Waals surface area contributed by atoms with Crippen molar-refractivity contribution in [2.75, 3.05) is 0 Å². The first-order chi connectivity index (χ1) is 8.15. The van der Waals surface area contributed by atoms with Crippen molar-refractivity contribution in [2.24, 2.45) is 11.7 Å². The standard InChI is InChI=1S/C13H25N3OS/c1-9-5-7-13(8-6-9,10(14)18)16-11(17)15-12(2,3)4/h9H,5-8H2,1-4H3,(H2,14,18)(H2,15,16,17). The van der Waals surface area contributed by atoms with Gasteiger partial charge >= 0.3 is 6.03 Å². The molecule has 0 aromatic heterocycles. The van der Waals surface area contributed by atoms with Crippen LogP contribution >= 0.6 is 12.2 Å². The van der Waals surface area contributed by atoms with Crippen LogP contribution in [0.3, 0.4) is 0 Å². The first kappa shape index (κ1) is 15.2. The van der Waals surface area contributed by atoms with Crippen molar-refractivity contribution in [2.45, 2.75) is 64.5 Å². The molecule has 4 nitrogen and oxygen atoms in total. The lowest BCUT2D eigenvalue weighted by atomic mass is 9.77. The third-order valence-corrected chi connectivity index (χ3v) is 3.83. The molecule has 0 aromatic carbocycles. The van der Waals surface area contributed by atoms with Crippen LogP contribution in [0.4, 0.5) is 4.79 Å². The molecule has 0 spiro atoms. The summed E-state index contributed by atoms with van der Waals surface area (Å²) in [5.41, 5.74) is 5.09. The van der Waals surface area contributed by atoms with Crippen LogP contribution in [0.25, 0.3) is 0 Å². The maximum atomic E-state index is 12.0. The second-order valence-electron chi connectivity index (χ2n) is 6.46. The van der Waals surface area contributed by atoms with E-state index in [1.54, 1.807) is 0 Å². The van der Waals surface area contributed by atoms with E-state index in [-0.39, 0.29) is 11.6 Å². The minimum atomic E-state index is -0.503. The Morgan fingerprint density at radius 3 is 2.22 bits per heavy atom. The van der Waals surface area contributed by atoms with Gasteiger partial charge in [0.2, 0.25) is 0 Å². The third-order valence-electron chi connectivity index (χ3n) is 3.44. The average molecular weight is 271 g/mol. The average Bonchev–Trinajstić information content (AvgIpc) is 2.18. The summed E-state index contributed by atoms with van der Waals surface area (Å²) in [7, 11) is 0. The highest BCUT2D eigenvalue weighted by Crippen LogP contribution is 2.32. The Kier molecular flexibility index (Phi) is 4.59. The Hall–Kier alpha value is -0.840. The van der Waals surface area contributed by atoms with E-state index in [0.29, 0.717) is 10.9 Å². The summed E-state index contributed by atoms with van der Waals surface area (Å²) in [6.45, 7) is 8.06. The summed E-state index contributed by atoms with van der Waals surface area (Å²) in [6, 6.07) is -0.190. The zero-order chi connectivity index (χ0) is 14.0. The van der Waals surface area contributed by atoms with E-state index in [0.717, 1.165) is 25.7 Å². The number of thiocarbonyl (C=S) groups is 1. The molecule has 4 N–H and O–H groups in total. The smallest absolute Gasteiger partial charge is 0.315 e. The summed E-state index contributed by atoms with van der Waals surface area (Å²) < 4.78 is 0. The van der Waals surface area contributed by atoms with E-state index in [4.69, 9.17) is 18.0 Å². The Morgan fingerprint density at radius 2 is 1.83 bits per heavy atom. The molecule has 0 bridgehead atoms. The third kappa shape index (κ3) is 4.12. The molecule has 0 aliphatic heterocycles. The SMILES string of the molecule is CC1CCC(NC(=O)NC(C)(C)C)(C(N)=S)CC1. The number of urea groups is 1. The van der Waals surface area contributed by atoms with Gasteiger partial charge in [0.1, 0.15) is 0 Å². The van der Waals surface area contributed by atoms with Gasteiger partial charge in [0, 0.05) is 5.54 Å². The van der Waals surface area contributed by atoms with Gasteiger partial charge in [-0.05, 0) is 52.4 Å². The molecule has 0 unspecified atom stereocenters. The van der Waals surface area contributed by atoms with Crippen LogP contribution in [0.2, 0.25) is 0 Å². The number of nitrogens with two attached hydrogens (primary N) is 1. The molecule has 1 aliphatic rings. The summed E-state index contributed by atoms with van der Waals surface area (Å²) >= 11 is 5.16. The normalized spacial score (nSPS) is 28.6. The van der Waals surface area contributed by atoms with Gasteiger partial charge in [-0.25, -0.2) is 4.79 Å². The summed E-state index contributed by atoms with van der Waals surface area (Å²) in [4.78, 5) is 12.4. The van der Waals surface area contributed by atoms with Gasteiger partial charge in [0.15, 0.2) is 0 Å². The number of carbonyl (C=O) groups is 1. The topological polar surface area (TPSA) is 67.2 Å². The highest BCUT2D eigenvalue weighted by atomic mass is 32.1. The summed E-state index contributed by atoms with van der Waals surface area (Å²) in [5.74, 6) is 0.681. The van der Waals surface area contributed by atoms with Gasteiger partial charge in [-0.15, -0.1) is 0 Å². The second-order valence-corrected chi connectivity index (χ2v) is 6.90. The summed E-state index contributed by atoms with van der Waals surface area (Å²) in [5, 5.41) is 5.88. The number of amides is 2. The lowest BCUT2D eigenvalue weighted by Gasteiger charge is -2.39. The van der Waals surface area contributed by atoms with Gasteiger partial charge in [-0.3, -0.25) is 0 Å². The van der Waals surface area contributed by atoms with E-state index in [2.05, 4.69) is 17.6 Å². The first-order valence-electron chi connectivity index (χ1n) is 6.55. The van der Waals surface area contributed by atoms with Crippen LogP contribution < -0.4 is 16.4 Å². The van der Waals surface area contributed by atoms with Crippen molar-refractivity contribution in [1.29, 1.82) is 0 Å². The molecule has 0 atom stereocenters.